The van der Waals surface area contributed by atoms with E-state index in [-0.39, 0.29) is 16.3 Å². The van der Waals surface area contributed by atoms with Crippen LogP contribution >= 0.6 is 11.6 Å². The molecule has 2 aromatic rings. The van der Waals surface area contributed by atoms with Gasteiger partial charge in [-0.25, -0.2) is 8.42 Å². The van der Waals surface area contributed by atoms with E-state index in [2.05, 4.69) is 5.32 Å². The van der Waals surface area contributed by atoms with E-state index in [0.29, 0.717) is 36.9 Å². The van der Waals surface area contributed by atoms with Gasteiger partial charge in [-0.05, 0) is 31.3 Å². The van der Waals surface area contributed by atoms with E-state index in [1.165, 1.54) is 16.4 Å². The minimum atomic E-state index is -3.79. The van der Waals surface area contributed by atoms with Crippen LogP contribution in [0.5, 0.6) is 0 Å². The van der Waals surface area contributed by atoms with Crippen molar-refractivity contribution in [1.82, 2.24) is 9.21 Å². The van der Waals surface area contributed by atoms with Crippen molar-refractivity contribution in [3.63, 3.8) is 0 Å². The number of rotatable bonds is 5. The first-order valence-electron chi connectivity index (χ1n) is 8.28. The highest BCUT2D eigenvalue weighted by molar-refractivity contribution is 7.89. The Hall–Kier alpha value is -2.20. The van der Waals surface area contributed by atoms with Crippen LogP contribution in [0.1, 0.15) is 0 Å². The SMILES string of the molecule is CN1CCN(S(=O)(=O)c2ccc(Nc3ccccc3Cl)c([N+](=O)[O-])c2)CC1. The highest BCUT2D eigenvalue weighted by Crippen LogP contribution is 2.33. The Bertz CT molecular complexity index is 959. The molecule has 1 N–H and O–H groups in total. The summed E-state index contributed by atoms with van der Waals surface area (Å²) in [6.07, 6.45) is 0. The second kappa shape index (κ2) is 7.81. The van der Waals surface area contributed by atoms with E-state index in [4.69, 9.17) is 11.6 Å². The van der Waals surface area contributed by atoms with Gasteiger partial charge in [-0.3, -0.25) is 10.1 Å². The van der Waals surface area contributed by atoms with E-state index in [1.807, 2.05) is 11.9 Å². The molecule has 1 aliphatic heterocycles. The van der Waals surface area contributed by atoms with Crippen molar-refractivity contribution in [3.05, 3.63) is 57.6 Å². The van der Waals surface area contributed by atoms with Crippen LogP contribution in [-0.4, -0.2) is 55.8 Å². The summed E-state index contributed by atoms with van der Waals surface area (Å²) in [6.45, 7) is 1.94. The normalized spacial score (nSPS) is 16.2. The molecule has 10 heteroatoms. The molecule has 0 aliphatic carbocycles. The van der Waals surface area contributed by atoms with Gasteiger partial charge in [-0.1, -0.05) is 23.7 Å². The van der Waals surface area contributed by atoms with Gasteiger partial charge in [0, 0.05) is 32.2 Å². The summed E-state index contributed by atoms with van der Waals surface area (Å²) in [5.74, 6) is 0. The third-order valence-electron chi connectivity index (χ3n) is 4.41. The molecule has 8 nitrogen and oxygen atoms in total. The largest absolute Gasteiger partial charge is 0.349 e. The van der Waals surface area contributed by atoms with E-state index in [1.54, 1.807) is 24.3 Å². The quantitative estimate of drug-likeness (QED) is 0.601. The highest BCUT2D eigenvalue weighted by Gasteiger charge is 2.29. The van der Waals surface area contributed by atoms with Crippen LogP contribution in [0.25, 0.3) is 0 Å². The number of nitro groups is 1. The molecular weight excluding hydrogens is 392 g/mol. The summed E-state index contributed by atoms with van der Waals surface area (Å²) in [6, 6.07) is 10.7. The van der Waals surface area contributed by atoms with Gasteiger partial charge in [-0.15, -0.1) is 0 Å². The predicted molar refractivity (Wildman–Crippen MR) is 104 cm³/mol. The lowest BCUT2D eigenvalue weighted by atomic mass is 10.2. The van der Waals surface area contributed by atoms with Crippen LogP contribution in [0.4, 0.5) is 17.1 Å². The summed E-state index contributed by atoms with van der Waals surface area (Å²) in [5, 5.41) is 14.8. The van der Waals surface area contributed by atoms with Gasteiger partial charge >= 0.3 is 0 Å². The lowest BCUT2D eigenvalue weighted by Crippen LogP contribution is -2.47. The van der Waals surface area contributed by atoms with Crippen LogP contribution < -0.4 is 5.32 Å². The monoisotopic (exact) mass is 410 g/mol. The molecule has 144 valence electrons. The van der Waals surface area contributed by atoms with Gasteiger partial charge < -0.3 is 10.2 Å². The Balaban J connectivity index is 1.94. The fourth-order valence-electron chi connectivity index (χ4n) is 2.81. The van der Waals surface area contributed by atoms with Gasteiger partial charge in [0.05, 0.1) is 20.5 Å². The molecule has 1 fully saturated rings. The molecule has 27 heavy (non-hydrogen) atoms. The number of nitrogens with zero attached hydrogens (tertiary/aromatic N) is 3. The first-order chi connectivity index (χ1) is 12.8. The lowest BCUT2D eigenvalue weighted by molar-refractivity contribution is -0.384. The summed E-state index contributed by atoms with van der Waals surface area (Å²) in [7, 11) is -1.87. The topological polar surface area (TPSA) is 95.8 Å². The second-order valence-corrected chi connectivity index (χ2v) is 8.59. The Labute approximate surface area is 162 Å². The van der Waals surface area contributed by atoms with Crippen LogP contribution in [0.3, 0.4) is 0 Å². The van der Waals surface area contributed by atoms with E-state index >= 15 is 0 Å². The van der Waals surface area contributed by atoms with Crippen LogP contribution in [0.2, 0.25) is 5.02 Å². The molecule has 3 rings (SSSR count). The second-order valence-electron chi connectivity index (χ2n) is 6.25. The first kappa shape index (κ1) is 19.6. The molecule has 0 radical (unpaired) electrons. The molecule has 0 aromatic heterocycles. The fraction of sp³-hybridized carbons (Fsp3) is 0.294. The predicted octanol–water partition coefficient (Wildman–Crippen LogP) is 2.93. The van der Waals surface area contributed by atoms with E-state index < -0.39 is 14.9 Å². The molecule has 1 aliphatic rings. The molecule has 1 heterocycles. The van der Waals surface area contributed by atoms with Gasteiger partial charge in [0.15, 0.2) is 0 Å². The number of nitrogens with one attached hydrogen (secondary N) is 1. The number of hydrogen-bond acceptors (Lipinski definition) is 6. The number of piperazine rings is 1. The lowest BCUT2D eigenvalue weighted by Gasteiger charge is -2.31. The molecular formula is C17H19ClN4O4S. The fourth-order valence-corrected chi connectivity index (χ4v) is 4.44. The van der Waals surface area contributed by atoms with Crippen molar-refractivity contribution in [2.75, 3.05) is 38.5 Å². The number of para-hydroxylation sites is 1. The van der Waals surface area contributed by atoms with Crippen LogP contribution in [0, 0.1) is 10.1 Å². The third-order valence-corrected chi connectivity index (χ3v) is 6.63. The van der Waals surface area contributed by atoms with Crippen molar-refractivity contribution in [3.8, 4) is 0 Å². The zero-order chi connectivity index (χ0) is 19.6. The Kier molecular flexibility index (Phi) is 5.66. The molecule has 1 saturated heterocycles. The minimum absolute atomic E-state index is 0.0940. The van der Waals surface area contributed by atoms with Crippen molar-refractivity contribution < 1.29 is 13.3 Å². The van der Waals surface area contributed by atoms with Gasteiger partial charge in [0.25, 0.3) is 5.69 Å². The molecule has 0 bridgehead atoms. The van der Waals surface area contributed by atoms with Gasteiger partial charge in [0.1, 0.15) is 5.69 Å². The summed E-state index contributed by atoms with van der Waals surface area (Å²) >= 11 is 6.08. The molecule has 0 saturated carbocycles. The molecule has 0 spiro atoms. The summed E-state index contributed by atoms with van der Waals surface area (Å²) < 4.78 is 27.0. The summed E-state index contributed by atoms with van der Waals surface area (Å²) in [5.41, 5.74) is 0.340. The maximum Gasteiger partial charge on any atom is 0.294 e. The molecule has 0 unspecified atom stereocenters. The highest BCUT2D eigenvalue weighted by atomic mass is 35.5. The Morgan fingerprint density at radius 1 is 1.07 bits per heavy atom. The Morgan fingerprint density at radius 2 is 1.74 bits per heavy atom. The number of anilines is 2. The molecule has 2 aromatic carbocycles. The van der Waals surface area contributed by atoms with Gasteiger partial charge in [-0.2, -0.15) is 4.31 Å². The number of halogens is 1. The van der Waals surface area contributed by atoms with Crippen molar-refractivity contribution in [1.29, 1.82) is 0 Å². The molecule has 0 atom stereocenters. The maximum atomic E-state index is 12.8. The average Bonchev–Trinajstić information content (AvgIpc) is 2.64. The standard InChI is InChI=1S/C17H19ClN4O4S/c1-20-8-10-21(11-9-20)27(25,26)13-6-7-16(17(12-13)22(23)24)19-15-5-3-2-4-14(15)18/h2-7,12,19H,8-11H2,1H3. The number of benzene rings is 2. The van der Waals surface area contributed by atoms with Crippen molar-refractivity contribution in [2.24, 2.45) is 0 Å². The summed E-state index contributed by atoms with van der Waals surface area (Å²) in [4.78, 5) is 12.8. The number of hydrogen-bond donors (Lipinski definition) is 1. The Morgan fingerprint density at radius 3 is 2.37 bits per heavy atom. The van der Waals surface area contributed by atoms with Crippen molar-refractivity contribution >= 4 is 38.7 Å². The number of nitro benzene ring substituents is 1. The van der Waals surface area contributed by atoms with Crippen LogP contribution in [0.15, 0.2) is 47.4 Å². The zero-order valence-corrected chi connectivity index (χ0v) is 16.2. The van der Waals surface area contributed by atoms with E-state index in [0.717, 1.165) is 6.07 Å². The third kappa shape index (κ3) is 4.22. The first-order valence-corrected chi connectivity index (χ1v) is 10.1. The molecule has 0 amide bonds. The maximum absolute atomic E-state index is 12.8. The number of likely N-dealkylation sites (N-methyl/N-ethyl adjacent to an activating group) is 1. The van der Waals surface area contributed by atoms with E-state index in [9.17, 15) is 18.5 Å². The van der Waals surface area contributed by atoms with Crippen molar-refractivity contribution in [2.45, 2.75) is 4.90 Å². The number of sulfonamides is 1. The van der Waals surface area contributed by atoms with Crippen LogP contribution in [-0.2, 0) is 10.0 Å². The van der Waals surface area contributed by atoms with Gasteiger partial charge in [0.2, 0.25) is 10.0 Å². The smallest absolute Gasteiger partial charge is 0.294 e. The zero-order valence-electron chi connectivity index (χ0n) is 14.6. The average molecular weight is 411 g/mol. The minimum Gasteiger partial charge on any atom is -0.349 e.